The first-order valence-electron chi connectivity index (χ1n) is 10.2. The number of rotatable bonds is 9. The minimum atomic E-state index is -3.53. The molecule has 0 aromatic heterocycles. The summed E-state index contributed by atoms with van der Waals surface area (Å²) >= 11 is 0. The Bertz CT molecular complexity index is 956. The minimum absolute atomic E-state index is 0.0274. The number of sulfonamides is 1. The van der Waals surface area contributed by atoms with Crippen LogP contribution in [0.2, 0.25) is 0 Å². The molecule has 1 saturated heterocycles. The van der Waals surface area contributed by atoms with Gasteiger partial charge in [-0.25, -0.2) is 8.42 Å². The van der Waals surface area contributed by atoms with Crippen molar-refractivity contribution in [3.8, 4) is 5.75 Å². The molecule has 7 nitrogen and oxygen atoms in total. The molecule has 0 bridgehead atoms. The molecule has 2 aromatic carbocycles. The second kappa shape index (κ2) is 9.95. The summed E-state index contributed by atoms with van der Waals surface area (Å²) in [6, 6.07) is 14.7. The molecule has 2 aromatic rings. The lowest BCUT2D eigenvalue weighted by molar-refractivity contribution is 0.0977. The number of ketones is 1. The van der Waals surface area contributed by atoms with Gasteiger partial charge in [-0.1, -0.05) is 18.2 Å². The molecule has 3 rings (SSSR count). The zero-order valence-corrected chi connectivity index (χ0v) is 18.1. The lowest BCUT2D eigenvalue weighted by Crippen LogP contribution is -2.46. The van der Waals surface area contributed by atoms with Crippen molar-refractivity contribution in [1.29, 1.82) is 0 Å². The third-order valence-electron chi connectivity index (χ3n) is 5.24. The predicted molar refractivity (Wildman–Crippen MR) is 120 cm³/mol. The highest BCUT2D eigenvalue weighted by atomic mass is 32.2. The smallest absolute Gasteiger partial charge is 0.229 e. The topological polar surface area (TPSA) is 90.0 Å². The summed E-state index contributed by atoms with van der Waals surface area (Å²) in [4.78, 5) is 17.3. The first kappa shape index (κ1) is 22.1. The Morgan fingerprint density at radius 3 is 2.40 bits per heavy atom. The zero-order chi connectivity index (χ0) is 21.6. The number of carbonyl (C=O) groups excluding carboxylic acids is 1. The van der Waals surface area contributed by atoms with Crippen molar-refractivity contribution >= 4 is 27.2 Å². The van der Waals surface area contributed by atoms with Crippen molar-refractivity contribution < 1.29 is 18.3 Å². The highest BCUT2D eigenvalue weighted by molar-refractivity contribution is 7.92. The maximum atomic E-state index is 12.4. The average Bonchev–Trinajstić information content (AvgIpc) is 2.73. The molecule has 0 radical (unpaired) electrons. The van der Waals surface area contributed by atoms with Gasteiger partial charge in [-0.2, -0.15) is 0 Å². The van der Waals surface area contributed by atoms with Gasteiger partial charge in [-0.3, -0.25) is 14.4 Å². The molecule has 162 valence electrons. The zero-order valence-electron chi connectivity index (χ0n) is 17.3. The van der Waals surface area contributed by atoms with E-state index in [0.717, 1.165) is 51.8 Å². The van der Waals surface area contributed by atoms with E-state index in [1.165, 1.54) is 23.9 Å². The van der Waals surface area contributed by atoms with Crippen molar-refractivity contribution in [1.82, 2.24) is 4.90 Å². The Hall–Kier alpha value is -2.58. The Morgan fingerprint density at radius 2 is 1.73 bits per heavy atom. The number of piperazine rings is 1. The largest absolute Gasteiger partial charge is 0.506 e. The fourth-order valence-electron chi connectivity index (χ4n) is 3.62. The number of phenols is 1. The van der Waals surface area contributed by atoms with E-state index < -0.39 is 10.0 Å². The summed E-state index contributed by atoms with van der Waals surface area (Å²) in [7, 11) is -3.53. The summed E-state index contributed by atoms with van der Waals surface area (Å²) in [6.07, 6.45) is 3.10. The first-order chi connectivity index (χ1) is 14.3. The van der Waals surface area contributed by atoms with Crippen LogP contribution in [0.1, 0.15) is 29.6 Å². The van der Waals surface area contributed by atoms with E-state index in [9.17, 15) is 18.3 Å². The van der Waals surface area contributed by atoms with E-state index in [1.54, 1.807) is 0 Å². The molecule has 0 atom stereocenters. The number of nitrogens with one attached hydrogen (secondary N) is 1. The molecule has 1 aliphatic rings. The second-order valence-corrected chi connectivity index (χ2v) is 9.40. The highest BCUT2D eigenvalue weighted by Crippen LogP contribution is 2.26. The molecule has 0 aliphatic carbocycles. The Morgan fingerprint density at radius 1 is 1.03 bits per heavy atom. The summed E-state index contributed by atoms with van der Waals surface area (Å²) in [6.45, 7) is 5.01. The van der Waals surface area contributed by atoms with Crippen LogP contribution in [0.5, 0.6) is 5.75 Å². The maximum absolute atomic E-state index is 12.4. The summed E-state index contributed by atoms with van der Waals surface area (Å²) < 4.78 is 25.0. The second-order valence-electron chi connectivity index (χ2n) is 7.65. The molecule has 30 heavy (non-hydrogen) atoms. The molecule has 1 heterocycles. The number of phenolic OH excluding ortho intramolecular Hbond substituents is 1. The number of benzene rings is 2. The molecule has 0 amide bonds. The minimum Gasteiger partial charge on any atom is -0.506 e. The van der Waals surface area contributed by atoms with Gasteiger partial charge in [0, 0.05) is 43.9 Å². The SMILES string of the molecule is CS(=O)(=O)Nc1cc(C(=O)CCCCN2CCN(c3ccccc3)CC2)ccc1O. The van der Waals surface area contributed by atoms with Crippen LogP contribution in [0.25, 0.3) is 0 Å². The fraction of sp³-hybridized carbons (Fsp3) is 0.409. The Labute approximate surface area is 178 Å². The molecular weight excluding hydrogens is 402 g/mol. The van der Waals surface area contributed by atoms with Gasteiger partial charge in [0.2, 0.25) is 10.0 Å². The van der Waals surface area contributed by atoms with Crippen LogP contribution in [0.15, 0.2) is 48.5 Å². The average molecular weight is 432 g/mol. The molecule has 0 saturated carbocycles. The van der Waals surface area contributed by atoms with Gasteiger partial charge in [-0.15, -0.1) is 0 Å². The van der Waals surface area contributed by atoms with Crippen molar-refractivity contribution in [2.45, 2.75) is 19.3 Å². The van der Waals surface area contributed by atoms with Gasteiger partial charge >= 0.3 is 0 Å². The van der Waals surface area contributed by atoms with Gasteiger partial charge < -0.3 is 10.0 Å². The van der Waals surface area contributed by atoms with Crippen LogP contribution < -0.4 is 9.62 Å². The van der Waals surface area contributed by atoms with Crippen LogP contribution in [-0.2, 0) is 10.0 Å². The van der Waals surface area contributed by atoms with Crippen LogP contribution >= 0.6 is 0 Å². The van der Waals surface area contributed by atoms with E-state index in [4.69, 9.17) is 0 Å². The third kappa shape index (κ3) is 6.47. The molecule has 0 unspecified atom stereocenters. The molecule has 1 aliphatic heterocycles. The van der Waals surface area contributed by atoms with E-state index in [1.807, 2.05) is 6.07 Å². The number of anilines is 2. The van der Waals surface area contributed by atoms with Gasteiger partial charge in [0.1, 0.15) is 5.75 Å². The van der Waals surface area contributed by atoms with E-state index in [2.05, 4.69) is 38.8 Å². The molecule has 8 heteroatoms. The number of para-hydroxylation sites is 1. The van der Waals surface area contributed by atoms with E-state index in [-0.39, 0.29) is 17.2 Å². The molecule has 2 N–H and O–H groups in total. The van der Waals surface area contributed by atoms with E-state index in [0.29, 0.717) is 12.0 Å². The van der Waals surface area contributed by atoms with Crippen LogP contribution in [0, 0.1) is 0 Å². The van der Waals surface area contributed by atoms with Crippen LogP contribution in [-0.4, -0.2) is 63.2 Å². The summed E-state index contributed by atoms with van der Waals surface area (Å²) in [5.41, 5.74) is 1.69. The maximum Gasteiger partial charge on any atom is 0.229 e. The Kier molecular flexibility index (Phi) is 7.33. The van der Waals surface area contributed by atoms with Crippen molar-refractivity contribution in [2.75, 3.05) is 48.6 Å². The standard InChI is InChI=1S/C22H29N3O4S/c1-30(28,29)23-20-17-18(10-11-22(20)27)21(26)9-5-6-12-24-13-15-25(16-14-24)19-7-3-2-4-8-19/h2-4,7-8,10-11,17,23,27H,5-6,9,12-16H2,1H3. The van der Waals surface area contributed by atoms with Crippen LogP contribution in [0.3, 0.4) is 0 Å². The monoisotopic (exact) mass is 431 g/mol. The normalized spacial score (nSPS) is 15.2. The number of hydrogen-bond donors (Lipinski definition) is 2. The summed E-state index contributed by atoms with van der Waals surface area (Å²) in [5.74, 6) is -0.257. The number of hydrogen-bond acceptors (Lipinski definition) is 6. The van der Waals surface area contributed by atoms with Crippen LogP contribution in [0.4, 0.5) is 11.4 Å². The molecular formula is C22H29N3O4S. The van der Waals surface area contributed by atoms with E-state index >= 15 is 0 Å². The fourth-order valence-corrected chi connectivity index (χ4v) is 4.19. The summed E-state index contributed by atoms with van der Waals surface area (Å²) in [5, 5.41) is 9.78. The molecule has 1 fully saturated rings. The molecule has 0 spiro atoms. The lowest BCUT2D eigenvalue weighted by atomic mass is 10.0. The first-order valence-corrected chi connectivity index (χ1v) is 12.1. The van der Waals surface area contributed by atoms with Gasteiger partial charge in [-0.05, 0) is 49.7 Å². The number of Topliss-reactive ketones (excluding diaryl/α,β-unsaturated/α-hetero) is 1. The number of carbonyl (C=O) groups is 1. The predicted octanol–water partition coefficient (Wildman–Crippen LogP) is 2.94. The number of unbranched alkanes of at least 4 members (excludes halogenated alkanes) is 1. The number of aromatic hydroxyl groups is 1. The highest BCUT2D eigenvalue weighted by Gasteiger charge is 2.17. The quantitative estimate of drug-likeness (QED) is 0.360. The van der Waals surface area contributed by atoms with Crippen molar-refractivity contribution in [3.05, 3.63) is 54.1 Å². The third-order valence-corrected chi connectivity index (χ3v) is 5.83. The Balaban J connectivity index is 1.41. The van der Waals surface area contributed by atoms with Crippen molar-refractivity contribution in [2.24, 2.45) is 0 Å². The van der Waals surface area contributed by atoms with Crippen molar-refractivity contribution in [3.63, 3.8) is 0 Å². The lowest BCUT2D eigenvalue weighted by Gasteiger charge is -2.36. The van der Waals surface area contributed by atoms with Gasteiger partial charge in [0.25, 0.3) is 0 Å². The van der Waals surface area contributed by atoms with Gasteiger partial charge in [0.05, 0.1) is 11.9 Å². The van der Waals surface area contributed by atoms with Gasteiger partial charge in [0.15, 0.2) is 5.78 Å². The number of nitrogens with zero attached hydrogens (tertiary/aromatic N) is 2.